The summed E-state index contributed by atoms with van der Waals surface area (Å²) in [5.74, 6) is -0.701. The molecule has 2 aliphatic heterocycles. The zero-order valence-corrected chi connectivity index (χ0v) is 12.7. The van der Waals surface area contributed by atoms with E-state index in [4.69, 9.17) is 16.7 Å². The number of nitrogens with two attached hydrogens (primary N) is 1. The van der Waals surface area contributed by atoms with E-state index in [1.807, 2.05) is 0 Å². The Kier molecular flexibility index (Phi) is 3.52. The highest BCUT2D eigenvalue weighted by Crippen LogP contribution is 2.50. The SMILES string of the molecule is NS(=O)(=O)N1C2CCC1CC(F)(c1c(F)cccc1Cl)C2. The van der Waals surface area contributed by atoms with E-state index in [2.05, 4.69) is 0 Å². The van der Waals surface area contributed by atoms with Crippen LogP contribution in [0.5, 0.6) is 0 Å². The number of alkyl halides is 1. The molecule has 2 atom stereocenters. The zero-order valence-electron chi connectivity index (χ0n) is 11.1. The van der Waals surface area contributed by atoms with Crippen molar-refractivity contribution >= 4 is 21.8 Å². The monoisotopic (exact) mass is 336 g/mol. The minimum Gasteiger partial charge on any atom is -0.238 e. The third kappa shape index (κ3) is 2.46. The number of nitrogens with zero attached hydrogens (tertiary/aromatic N) is 1. The van der Waals surface area contributed by atoms with Gasteiger partial charge in [-0.15, -0.1) is 0 Å². The molecule has 1 aromatic carbocycles. The summed E-state index contributed by atoms with van der Waals surface area (Å²) in [6, 6.07) is 2.93. The number of fused-ring (bicyclic) bond motifs is 2. The average Bonchev–Trinajstić information content (AvgIpc) is 2.62. The summed E-state index contributed by atoms with van der Waals surface area (Å²) in [6.07, 6.45) is 0.804. The molecule has 0 amide bonds. The van der Waals surface area contributed by atoms with Crippen LogP contribution in [0.4, 0.5) is 8.78 Å². The van der Waals surface area contributed by atoms with Crippen LogP contribution in [0.25, 0.3) is 0 Å². The van der Waals surface area contributed by atoms with E-state index < -0.39 is 33.8 Å². The van der Waals surface area contributed by atoms with Gasteiger partial charge in [-0.25, -0.2) is 13.9 Å². The maximum absolute atomic E-state index is 15.3. The van der Waals surface area contributed by atoms with E-state index >= 15 is 4.39 Å². The lowest BCUT2D eigenvalue weighted by Gasteiger charge is -2.41. The number of rotatable bonds is 2. The van der Waals surface area contributed by atoms with Crippen molar-refractivity contribution in [3.8, 4) is 0 Å². The maximum Gasteiger partial charge on any atom is 0.277 e. The highest BCUT2D eigenvalue weighted by molar-refractivity contribution is 7.86. The quantitative estimate of drug-likeness (QED) is 0.901. The molecule has 0 spiro atoms. The lowest BCUT2D eigenvalue weighted by atomic mass is 9.83. The van der Waals surface area contributed by atoms with Crippen molar-refractivity contribution in [2.45, 2.75) is 43.4 Å². The lowest BCUT2D eigenvalue weighted by molar-refractivity contribution is 0.0450. The van der Waals surface area contributed by atoms with E-state index in [1.54, 1.807) is 0 Å². The summed E-state index contributed by atoms with van der Waals surface area (Å²) in [5.41, 5.74) is -2.13. The van der Waals surface area contributed by atoms with E-state index in [0.717, 1.165) is 6.07 Å². The Hall–Kier alpha value is -0.760. The molecule has 3 rings (SSSR count). The average molecular weight is 337 g/mol. The van der Waals surface area contributed by atoms with Crippen LogP contribution in [0, 0.1) is 5.82 Å². The van der Waals surface area contributed by atoms with E-state index in [0.29, 0.717) is 12.8 Å². The van der Waals surface area contributed by atoms with Gasteiger partial charge in [-0.3, -0.25) is 0 Å². The molecular formula is C13H15ClF2N2O2S. The Morgan fingerprint density at radius 3 is 2.33 bits per heavy atom. The fraction of sp³-hybridized carbons (Fsp3) is 0.538. The predicted molar refractivity (Wildman–Crippen MR) is 75.2 cm³/mol. The van der Waals surface area contributed by atoms with Crippen molar-refractivity contribution in [1.29, 1.82) is 0 Å². The molecule has 2 saturated heterocycles. The van der Waals surface area contributed by atoms with Crippen molar-refractivity contribution < 1.29 is 17.2 Å². The van der Waals surface area contributed by atoms with Crippen molar-refractivity contribution in [1.82, 2.24) is 4.31 Å². The van der Waals surface area contributed by atoms with Crippen LogP contribution < -0.4 is 5.14 Å². The minimum atomic E-state index is -3.87. The van der Waals surface area contributed by atoms with Gasteiger partial charge in [0.25, 0.3) is 10.2 Å². The molecule has 0 saturated carbocycles. The van der Waals surface area contributed by atoms with Gasteiger partial charge in [-0.1, -0.05) is 17.7 Å². The van der Waals surface area contributed by atoms with Crippen LogP contribution in [0.15, 0.2) is 18.2 Å². The van der Waals surface area contributed by atoms with Crippen LogP contribution in [0.2, 0.25) is 5.02 Å². The highest BCUT2D eigenvalue weighted by Gasteiger charge is 2.54. The first-order chi connectivity index (χ1) is 9.72. The fourth-order valence-electron chi connectivity index (χ4n) is 3.70. The van der Waals surface area contributed by atoms with Crippen molar-refractivity contribution in [2.75, 3.05) is 0 Å². The van der Waals surface area contributed by atoms with Crippen LogP contribution in [-0.2, 0) is 15.9 Å². The van der Waals surface area contributed by atoms with Crippen molar-refractivity contribution in [2.24, 2.45) is 5.14 Å². The molecule has 4 nitrogen and oxygen atoms in total. The summed E-state index contributed by atoms with van der Waals surface area (Å²) < 4.78 is 53.7. The summed E-state index contributed by atoms with van der Waals surface area (Å²) in [7, 11) is -3.87. The topological polar surface area (TPSA) is 63.4 Å². The smallest absolute Gasteiger partial charge is 0.238 e. The molecule has 2 N–H and O–H groups in total. The first-order valence-electron chi connectivity index (χ1n) is 6.67. The Bertz CT molecular complexity index is 648. The van der Waals surface area contributed by atoms with E-state index in [1.165, 1.54) is 16.4 Å². The molecule has 0 aromatic heterocycles. The number of hydrogen-bond acceptors (Lipinski definition) is 2. The second-order valence-corrected chi connectivity index (χ2v) is 7.59. The van der Waals surface area contributed by atoms with Gasteiger partial charge in [0.2, 0.25) is 0 Å². The summed E-state index contributed by atoms with van der Waals surface area (Å²) in [5, 5.41) is 5.22. The van der Waals surface area contributed by atoms with Gasteiger partial charge in [0.1, 0.15) is 11.5 Å². The van der Waals surface area contributed by atoms with Crippen molar-refractivity contribution in [3.63, 3.8) is 0 Å². The molecule has 2 aliphatic rings. The fourth-order valence-corrected chi connectivity index (χ4v) is 5.22. The third-order valence-corrected chi connectivity index (χ3v) is 5.87. The van der Waals surface area contributed by atoms with Gasteiger partial charge >= 0.3 is 0 Å². The Morgan fingerprint density at radius 2 is 1.86 bits per heavy atom. The molecule has 2 fully saturated rings. The molecule has 8 heteroatoms. The summed E-state index contributed by atoms with van der Waals surface area (Å²) in [6.45, 7) is 0. The second kappa shape index (κ2) is 4.87. The molecule has 116 valence electrons. The predicted octanol–water partition coefficient (Wildman–Crippen LogP) is 2.47. The normalized spacial score (nSPS) is 33.3. The first-order valence-corrected chi connectivity index (χ1v) is 8.55. The van der Waals surface area contributed by atoms with Crippen molar-refractivity contribution in [3.05, 3.63) is 34.6 Å². The van der Waals surface area contributed by atoms with Gasteiger partial charge in [0, 0.05) is 35.5 Å². The lowest BCUT2D eigenvalue weighted by Crippen LogP contribution is -2.52. The molecule has 1 aromatic rings. The Balaban J connectivity index is 2.01. The van der Waals surface area contributed by atoms with Crippen LogP contribution >= 0.6 is 11.6 Å². The number of piperidine rings is 1. The van der Waals surface area contributed by atoms with Gasteiger partial charge in [0.15, 0.2) is 0 Å². The molecule has 21 heavy (non-hydrogen) atoms. The minimum absolute atomic E-state index is 0.0287. The van der Waals surface area contributed by atoms with Gasteiger partial charge in [-0.05, 0) is 25.0 Å². The third-order valence-electron chi connectivity index (χ3n) is 4.38. The maximum atomic E-state index is 15.3. The molecule has 0 radical (unpaired) electrons. The number of halogens is 3. The van der Waals surface area contributed by atoms with Crippen LogP contribution in [0.3, 0.4) is 0 Å². The zero-order chi connectivity index (χ0) is 15.4. The highest BCUT2D eigenvalue weighted by atomic mass is 35.5. The number of benzene rings is 1. The molecular weight excluding hydrogens is 322 g/mol. The first kappa shape index (κ1) is 15.1. The molecule has 2 bridgehead atoms. The van der Waals surface area contributed by atoms with E-state index in [-0.39, 0.29) is 23.4 Å². The summed E-state index contributed by atoms with van der Waals surface area (Å²) >= 11 is 5.96. The van der Waals surface area contributed by atoms with Gasteiger partial charge in [0.05, 0.1) is 0 Å². The summed E-state index contributed by atoms with van der Waals surface area (Å²) in [4.78, 5) is 0. The second-order valence-electron chi connectivity index (χ2n) is 5.73. The van der Waals surface area contributed by atoms with Crippen LogP contribution in [-0.4, -0.2) is 24.8 Å². The van der Waals surface area contributed by atoms with E-state index in [9.17, 15) is 12.8 Å². The Labute approximate surface area is 127 Å². The Morgan fingerprint density at radius 1 is 1.29 bits per heavy atom. The molecule has 2 heterocycles. The number of hydrogen-bond donors (Lipinski definition) is 1. The molecule has 2 unspecified atom stereocenters. The van der Waals surface area contributed by atoms with Gasteiger partial charge in [-0.2, -0.15) is 12.7 Å². The van der Waals surface area contributed by atoms with Crippen LogP contribution in [0.1, 0.15) is 31.2 Å². The molecule has 0 aliphatic carbocycles. The van der Waals surface area contributed by atoms with Gasteiger partial charge < -0.3 is 0 Å². The largest absolute Gasteiger partial charge is 0.277 e. The standard InChI is InChI=1S/C13H15ClF2N2O2S/c14-10-2-1-3-11(15)12(10)13(16)6-8-4-5-9(7-13)18(8)21(17,19)20/h1-3,8-9H,4-7H2,(H2,17,19,20).